The molecule has 2 saturated heterocycles. The average Bonchev–Trinajstić information content (AvgIpc) is 3.40. The van der Waals surface area contributed by atoms with E-state index in [2.05, 4.69) is 16.0 Å². The van der Waals surface area contributed by atoms with Gasteiger partial charge in [0.05, 0.1) is 25.9 Å². The Labute approximate surface area is 198 Å². The Morgan fingerprint density at radius 1 is 0.941 bits per heavy atom. The molecule has 2 aliphatic rings. The molecule has 2 heterocycles. The van der Waals surface area contributed by atoms with E-state index >= 15 is 0 Å². The van der Waals surface area contributed by atoms with Crippen molar-refractivity contribution in [2.75, 3.05) is 56.6 Å². The number of ether oxygens (including phenoxy) is 2. The number of hydrogen-bond donors (Lipinski definition) is 3. The Morgan fingerprint density at radius 2 is 1.74 bits per heavy atom. The maximum absolute atomic E-state index is 12.6. The van der Waals surface area contributed by atoms with Gasteiger partial charge >= 0.3 is 0 Å². The smallest absolute Gasteiger partial charge is 0.254 e. The highest BCUT2D eigenvalue weighted by Crippen LogP contribution is 2.15. The number of nitrogens with one attached hydrogen (secondary N) is 3. The summed E-state index contributed by atoms with van der Waals surface area (Å²) in [5.41, 5.74) is 2.36. The largest absolute Gasteiger partial charge is 0.378 e. The highest BCUT2D eigenvalue weighted by atomic mass is 16.5. The number of amides is 3. The molecule has 2 aromatic carbocycles. The monoisotopic (exact) mass is 466 g/mol. The highest BCUT2D eigenvalue weighted by molar-refractivity contribution is 5.98. The molecule has 2 aliphatic heterocycles. The summed E-state index contributed by atoms with van der Waals surface area (Å²) in [4.78, 5) is 39.1. The van der Waals surface area contributed by atoms with Crippen molar-refractivity contribution in [1.29, 1.82) is 0 Å². The Bertz CT molecular complexity index is 999. The van der Waals surface area contributed by atoms with E-state index < -0.39 is 0 Å². The number of rotatable bonds is 8. The third-order valence-corrected chi connectivity index (χ3v) is 5.81. The summed E-state index contributed by atoms with van der Waals surface area (Å²) < 4.78 is 10.8. The lowest BCUT2D eigenvalue weighted by Gasteiger charge is -2.27. The number of carbonyl (C=O) groups is 3. The van der Waals surface area contributed by atoms with E-state index in [0.717, 1.165) is 25.1 Å². The van der Waals surface area contributed by atoms with Crippen LogP contribution in [0.15, 0.2) is 48.5 Å². The molecule has 180 valence electrons. The van der Waals surface area contributed by atoms with Crippen molar-refractivity contribution in [3.8, 4) is 0 Å². The van der Waals surface area contributed by atoms with Crippen molar-refractivity contribution in [3.05, 3.63) is 59.7 Å². The van der Waals surface area contributed by atoms with Gasteiger partial charge in [0.2, 0.25) is 5.91 Å². The fourth-order valence-corrected chi connectivity index (χ4v) is 3.92. The Morgan fingerprint density at radius 3 is 2.47 bits per heavy atom. The van der Waals surface area contributed by atoms with Gasteiger partial charge in [-0.3, -0.25) is 14.4 Å². The van der Waals surface area contributed by atoms with Crippen molar-refractivity contribution in [2.24, 2.45) is 0 Å². The standard InChI is InChI=1S/C25H30N4O5/c30-23(28-21-4-1-3-19(15-21)25(32)29-10-13-33-14-11-29)17-26-20-8-6-18(7-9-20)24(31)27-16-22-5-2-12-34-22/h1,3-4,6-9,15,22,26H,2,5,10-14,16-17H2,(H,27,31)(H,28,30). The van der Waals surface area contributed by atoms with Gasteiger partial charge < -0.3 is 30.3 Å². The molecule has 1 atom stereocenters. The normalized spacial score (nSPS) is 17.8. The van der Waals surface area contributed by atoms with Crippen LogP contribution < -0.4 is 16.0 Å². The van der Waals surface area contributed by atoms with Gasteiger partial charge in [-0.1, -0.05) is 6.07 Å². The molecule has 3 N–H and O–H groups in total. The molecule has 1 unspecified atom stereocenters. The van der Waals surface area contributed by atoms with Crippen LogP contribution in [0.4, 0.5) is 11.4 Å². The third kappa shape index (κ3) is 6.55. The molecule has 4 rings (SSSR count). The van der Waals surface area contributed by atoms with Crippen LogP contribution in [0, 0.1) is 0 Å². The van der Waals surface area contributed by atoms with Crippen molar-refractivity contribution < 1.29 is 23.9 Å². The number of anilines is 2. The maximum Gasteiger partial charge on any atom is 0.254 e. The second kappa shape index (κ2) is 11.6. The molecule has 9 heteroatoms. The lowest BCUT2D eigenvalue weighted by molar-refractivity contribution is -0.114. The number of hydrogen-bond acceptors (Lipinski definition) is 6. The van der Waals surface area contributed by atoms with Crippen LogP contribution in [0.3, 0.4) is 0 Å². The SMILES string of the molecule is O=C(CNc1ccc(C(=O)NCC2CCCO2)cc1)Nc1cccc(C(=O)N2CCOCC2)c1. The van der Waals surface area contributed by atoms with E-state index in [4.69, 9.17) is 9.47 Å². The van der Waals surface area contributed by atoms with Gasteiger partial charge in [0, 0.05) is 48.7 Å². The molecule has 0 radical (unpaired) electrons. The first-order chi connectivity index (χ1) is 16.6. The molecule has 0 spiro atoms. The van der Waals surface area contributed by atoms with Gasteiger partial charge in [0.25, 0.3) is 11.8 Å². The maximum atomic E-state index is 12.6. The molecule has 2 aromatic rings. The summed E-state index contributed by atoms with van der Waals surface area (Å²) >= 11 is 0. The van der Waals surface area contributed by atoms with Gasteiger partial charge in [-0.2, -0.15) is 0 Å². The first kappa shape index (κ1) is 23.7. The molecule has 3 amide bonds. The second-order valence-electron chi connectivity index (χ2n) is 8.31. The lowest BCUT2D eigenvalue weighted by atomic mass is 10.1. The van der Waals surface area contributed by atoms with Gasteiger partial charge in [0.1, 0.15) is 0 Å². The highest BCUT2D eigenvalue weighted by Gasteiger charge is 2.19. The molecule has 0 saturated carbocycles. The summed E-state index contributed by atoms with van der Waals surface area (Å²) in [6, 6.07) is 13.9. The van der Waals surface area contributed by atoms with Crippen LogP contribution in [0.25, 0.3) is 0 Å². The minimum absolute atomic E-state index is 0.0478. The zero-order chi connectivity index (χ0) is 23.8. The fraction of sp³-hybridized carbons (Fsp3) is 0.400. The van der Waals surface area contributed by atoms with Crippen molar-refractivity contribution in [1.82, 2.24) is 10.2 Å². The van der Waals surface area contributed by atoms with Crippen LogP contribution in [0.5, 0.6) is 0 Å². The Balaban J connectivity index is 1.23. The summed E-state index contributed by atoms with van der Waals surface area (Å²) in [6.45, 7) is 3.52. The lowest BCUT2D eigenvalue weighted by Crippen LogP contribution is -2.40. The van der Waals surface area contributed by atoms with Gasteiger partial charge in [-0.05, 0) is 55.3 Å². The molecule has 2 fully saturated rings. The van der Waals surface area contributed by atoms with Crippen LogP contribution in [-0.4, -0.2) is 74.7 Å². The van der Waals surface area contributed by atoms with E-state index in [1.54, 1.807) is 53.4 Å². The first-order valence-electron chi connectivity index (χ1n) is 11.6. The predicted octanol–water partition coefficient (Wildman–Crippen LogP) is 2.12. The summed E-state index contributed by atoms with van der Waals surface area (Å²) in [5.74, 6) is -0.460. The van der Waals surface area contributed by atoms with Crippen molar-refractivity contribution in [2.45, 2.75) is 18.9 Å². The Hall–Kier alpha value is -3.43. The van der Waals surface area contributed by atoms with Crippen LogP contribution in [0.2, 0.25) is 0 Å². The van der Waals surface area contributed by atoms with Crippen LogP contribution >= 0.6 is 0 Å². The summed E-state index contributed by atoms with van der Waals surface area (Å²) in [6.07, 6.45) is 2.10. The zero-order valence-corrected chi connectivity index (χ0v) is 19.0. The van der Waals surface area contributed by atoms with E-state index in [-0.39, 0.29) is 30.4 Å². The molecular weight excluding hydrogens is 436 g/mol. The fourth-order valence-electron chi connectivity index (χ4n) is 3.92. The number of nitrogens with zero attached hydrogens (tertiary/aromatic N) is 1. The quantitative estimate of drug-likeness (QED) is 0.550. The number of benzene rings is 2. The minimum Gasteiger partial charge on any atom is -0.378 e. The number of carbonyl (C=O) groups excluding carboxylic acids is 3. The predicted molar refractivity (Wildman–Crippen MR) is 128 cm³/mol. The molecule has 0 aromatic heterocycles. The molecular formula is C25H30N4O5. The molecule has 9 nitrogen and oxygen atoms in total. The van der Waals surface area contributed by atoms with Gasteiger partial charge in [-0.15, -0.1) is 0 Å². The summed E-state index contributed by atoms with van der Waals surface area (Å²) in [7, 11) is 0. The van der Waals surface area contributed by atoms with E-state index in [1.807, 2.05) is 0 Å². The second-order valence-corrected chi connectivity index (χ2v) is 8.31. The summed E-state index contributed by atoms with van der Waals surface area (Å²) in [5, 5.41) is 8.74. The topological polar surface area (TPSA) is 109 Å². The molecule has 0 bridgehead atoms. The first-order valence-corrected chi connectivity index (χ1v) is 11.6. The van der Waals surface area contributed by atoms with Gasteiger partial charge in [-0.25, -0.2) is 0 Å². The minimum atomic E-state index is -0.241. The third-order valence-electron chi connectivity index (χ3n) is 5.81. The van der Waals surface area contributed by atoms with E-state index in [0.29, 0.717) is 49.7 Å². The van der Waals surface area contributed by atoms with Crippen molar-refractivity contribution >= 4 is 29.1 Å². The van der Waals surface area contributed by atoms with Gasteiger partial charge in [0.15, 0.2) is 0 Å². The van der Waals surface area contributed by atoms with Crippen LogP contribution in [-0.2, 0) is 14.3 Å². The van der Waals surface area contributed by atoms with E-state index in [1.165, 1.54) is 0 Å². The molecule has 34 heavy (non-hydrogen) atoms. The average molecular weight is 467 g/mol. The van der Waals surface area contributed by atoms with E-state index in [9.17, 15) is 14.4 Å². The molecule has 0 aliphatic carbocycles. The number of morpholine rings is 1. The Kier molecular flexibility index (Phi) is 8.11. The van der Waals surface area contributed by atoms with Crippen molar-refractivity contribution in [3.63, 3.8) is 0 Å². The van der Waals surface area contributed by atoms with Crippen LogP contribution in [0.1, 0.15) is 33.6 Å². The zero-order valence-electron chi connectivity index (χ0n) is 19.0.